The molecule has 0 radical (unpaired) electrons. The van der Waals surface area contributed by atoms with Crippen molar-refractivity contribution in [3.8, 4) is 22.8 Å². The van der Waals surface area contributed by atoms with Gasteiger partial charge < -0.3 is 15.5 Å². The predicted molar refractivity (Wildman–Crippen MR) is 87.8 cm³/mol. The van der Waals surface area contributed by atoms with Gasteiger partial charge in [-0.05, 0) is 30.3 Å². The standard InChI is InChI=1S/C15H10F2N2O2S.ClH/c16-9-2-3-11(10(17)6-9)18-15-19-12(7-22-15)8-1-4-13(20)14(21)5-8;/h1-7,20-21H,(H,18,19);1H. The zero-order valence-electron chi connectivity index (χ0n) is 11.5. The second-order valence-corrected chi connectivity index (χ2v) is 5.35. The third-order valence-corrected chi connectivity index (χ3v) is 3.71. The Kier molecular flexibility index (Phi) is 5.02. The van der Waals surface area contributed by atoms with Crippen LogP contribution >= 0.6 is 23.7 Å². The summed E-state index contributed by atoms with van der Waals surface area (Å²) in [6, 6.07) is 7.57. The number of rotatable bonds is 3. The number of nitrogens with one attached hydrogen (secondary N) is 1. The van der Waals surface area contributed by atoms with Crippen LogP contribution in [0.2, 0.25) is 0 Å². The van der Waals surface area contributed by atoms with Gasteiger partial charge in [0.1, 0.15) is 11.6 Å². The highest BCUT2D eigenvalue weighted by molar-refractivity contribution is 7.14. The number of aromatic nitrogens is 1. The zero-order chi connectivity index (χ0) is 15.7. The van der Waals surface area contributed by atoms with Gasteiger partial charge in [0.25, 0.3) is 0 Å². The van der Waals surface area contributed by atoms with Gasteiger partial charge in [0, 0.05) is 17.0 Å². The molecule has 0 unspecified atom stereocenters. The summed E-state index contributed by atoms with van der Waals surface area (Å²) in [5, 5.41) is 23.7. The lowest BCUT2D eigenvalue weighted by Crippen LogP contribution is -1.94. The van der Waals surface area contributed by atoms with E-state index >= 15 is 0 Å². The lowest BCUT2D eigenvalue weighted by Gasteiger charge is -2.04. The maximum absolute atomic E-state index is 13.6. The SMILES string of the molecule is Cl.Oc1ccc(-c2csc(Nc3ccc(F)cc3F)n2)cc1O. The minimum Gasteiger partial charge on any atom is -0.504 e. The molecule has 3 N–H and O–H groups in total. The molecule has 0 bridgehead atoms. The van der Waals surface area contributed by atoms with Gasteiger partial charge in [0.15, 0.2) is 16.6 Å². The van der Waals surface area contributed by atoms with E-state index in [0.717, 1.165) is 12.1 Å². The number of hydrogen-bond donors (Lipinski definition) is 3. The number of aromatic hydroxyl groups is 2. The van der Waals surface area contributed by atoms with E-state index in [-0.39, 0.29) is 29.6 Å². The van der Waals surface area contributed by atoms with Crippen LogP contribution in [0.15, 0.2) is 41.8 Å². The molecule has 0 fully saturated rings. The number of nitrogens with zero attached hydrogens (tertiary/aromatic N) is 1. The van der Waals surface area contributed by atoms with Crippen LogP contribution in [0.4, 0.5) is 19.6 Å². The van der Waals surface area contributed by atoms with E-state index in [1.165, 1.54) is 29.5 Å². The summed E-state index contributed by atoms with van der Waals surface area (Å²) in [5.41, 5.74) is 1.29. The van der Waals surface area contributed by atoms with Gasteiger partial charge in [0.05, 0.1) is 11.4 Å². The first-order chi connectivity index (χ1) is 10.5. The van der Waals surface area contributed by atoms with E-state index in [2.05, 4.69) is 10.3 Å². The Labute approximate surface area is 140 Å². The number of phenolic OH excluding ortho intramolecular Hbond substituents is 2. The van der Waals surface area contributed by atoms with Crippen LogP contribution in [-0.4, -0.2) is 15.2 Å². The average Bonchev–Trinajstić information content (AvgIpc) is 2.93. The second-order valence-electron chi connectivity index (χ2n) is 4.49. The summed E-state index contributed by atoms with van der Waals surface area (Å²) < 4.78 is 26.4. The molecule has 0 spiro atoms. The van der Waals surface area contributed by atoms with Crippen LogP contribution < -0.4 is 5.32 Å². The van der Waals surface area contributed by atoms with Gasteiger partial charge in [-0.2, -0.15) is 0 Å². The lowest BCUT2D eigenvalue weighted by atomic mass is 10.1. The third-order valence-electron chi connectivity index (χ3n) is 2.95. The van der Waals surface area contributed by atoms with Crippen LogP contribution in [0, 0.1) is 11.6 Å². The normalized spacial score (nSPS) is 10.2. The first kappa shape index (κ1) is 17.0. The molecule has 0 atom stereocenters. The van der Waals surface area contributed by atoms with Crippen LogP contribution in [0.5, 0.6) is 11.5 Å². The monoisotopic (exact) mass is 356 g/mol. The molecular formula is C15H11ClF2N2O2S. The Morgan fingerprint density at radius 1 is 1.00 bits per heavy atom. The lowest BCUT2D eigenvalue weighted by molar-refractivity contribution is 0.404. The van der Waals surface area contributed by atoms with Crippen molar-refractivity contribution >= 4 is 34.6 Å². The van der Waals surface area contributed by atoms with Crippen molar-refractivity contribution in [2.24, 2.45) is 0 Å². The number of anilines is 2. The molecule has 0 aliphatic heterocycles. The van der Waals surface area contributed by atoms with E-state index < -0.39 is 11.6 Å². The molecule has 0 saturated carbocycles. The number of thiazole rings is 1. The van der Waals surface area contributed by atoms with Gasteiger partial charge in [-0.1, -0.05) is 0 Å². The Morgan fingerprint density at radius 3 is 2.48 bits per heavy atom. The molecule has 3 rings (SSSR count). The molecule has 8 heteroatoms. The topological polar surface area (TPSA) is 65.4 Å². The number of benzene rings is 2. The second kappa shape index (κ2) is 6.80. The molecule has 0 aliphatic rings. The number of halogens is 3. The molecule has 0 saturated heterocycles. The van der Waals surface area contributed by atoms with Crippen LogP contribution in [0.25, 0.3) is 11.3 Å². The van der Waals surface area contributed by atoms with Crippen molar-refractivity contribution in [1.82, 2.24) is 4.98 Å². The third kappa shape index (κ3) is 3.69. The van der Waals surface area contributed by atoms with Crippen LogP contribution in [0.1, 0.15) is 0 Å². The Morgan fingerprint density at radius 2 is 1.78 bits per heavy atom. The van der Waals surface area contributed by atoms with Crippen molar-refractivity contribution in [2.75, 3.05) is 5.32 Å². The first-order valence-corrected chi connectivity index (χ1v) is 7.11. The minimum atomic E-state index is -0.709. The summed E-state index contributed by atoms with van der Waals surface area (Å²) in [6.07, 6.45) is 0. The fraction of sp³-hybridized carbons (Fsp3) is 0. The van der Waals surface area contributed by atoms with E-state index in [0.29, 0.717) is 16.4 Å². The Hall–Kier alpha value is -2.38. The molecular weight excluding hydrogens is 346 g/mol. The van der Waals surface area contributed by atoms with Gasteiger partial charge in [-0.3, -0.25) is 0 Å². The molecule has 120 valence electrons. The first-order valence-electron chi connectivity index (χ1n) is 6.23. The van der Waals surface area contributed by atoms with Crippen LogP contribution in [0.3, 0.4) is 0 Å². The van der Waals surface area contributed by atoms with Gasteiger partial charge >= 0.3 is 0 Å². The van der Waals surface area contributed by atoms with Crippen molar-refractivity contribution in [3.63, 3.8) is 0 Å². The van der Waals surface area contributed by atoms with E-state index in [1.807, 2.05) is 0 Å². The van der Waals surface area contributed by atoms with Gasteiger partial charge in [-0.15, -0.1) is 23.7 Å². The summed E-state index contributed by atoms with van der Waals surface area (Å²) in [5.74, 6) is -1.82. The minimum absolute atomic E-state index is 0. The highest BCUT2D eigenvalue weighted by Gasteiger charge is 2.09. The van der Waals surface area contributed by atoms with Crippen molar-refractivity contribution in [3.05, 3.63) is 53.4 Å². The number of phenols is 2. The highest BCUT2D eigenvalue weighted by Crippen LogP contribution is 2.33. The Bertz CT molecular complexity index is 842. The molecule has 0 amide bonds. The molecule has 3 aromatic rings. The Balaban J connectivity index is 0.00000192. The van der Waals surface area contributed by atoms with Gasteiger partial charge in [-0.25, -0.2) is 13.8 Å². The largest absolute Gasteiger partial charge is 0.504 e. The van der Waals surface area contributed by atoms with Crippen molar-refractivity contribution < 1.29 is 19.0 Å². The summed E-state index contributed by atoms with van der Waals surface area (Å²) in [6.45, 7) is 0. The molecule has 23 heavy (non-hydrogen) atoms. The maximum atomic E-state index is 13.6. The maximum Gasteiger partial charge on any atom is 0.187 e. The number of hydrogen-bond acceptors (Lipinski definition) is 5. The van der Waals surface area contributed by atoms with E-state index in [4.69, 9.17) is 0 Å². The summed E-state index contributed by atoms with van der Waals surface area (Å²) >= 11 is 1.24. The molecule has 1 heterocycles. The summed E-state index contributed by atoms with van der Waals surface area (Å²) in [4.78, 5) is 4.26. The van der Waals surface area contributed by atoms with E-state index in [1.54, 1.807) is 11.4 Å². The fourth-order valence-electron chi connectivity index (χ4n) is 1.85. The molecule has 2 aromatic carbocycles. The van der Waals surface area contributed by atoms with Crippen molar-refractivity contribution in [2.45, 2.75) is 0 Å². The molecule has 4 nitrogen and oxygen atoms in total. The highest BCUT2D eigenvalue weighted by atomic mass is 35.5. The smallest absolute Gasteiger partial charge is 0.187 e. The van der Waals surface area contributed by atoms with Crippen molar-refractivity contribution in [1.29, 1.82) is 0 Å². The summed E-state index contributed by atoms with van der Waals surface area (Å²) in [7, 11) is 0. The zero-order valence-corrected chi connectivity index (χ0v) is 13.1. The average molecular weight is 357 g/mol. The fourth-order valence-corrected chi connectivity index (χ4v) is 2.58. The molecule has 1 aromatic heterocycles. The van der Waals surface area contributed by atoms with Gasteiger partial charge in [0.2, 0.25) is 0 Å². The van der Waals surface area contributed by atoms with Crippen LogP contribution in [-0.2, 0) is 0 Å². The molecule has 0 aliphatic carbocycles. The quantitative estimate of drug-likeness (QED) is 0.597. The predicted octanol–water partition coefficient (Wildman–Crippen LogP) is 4.66. The van der Waals surface area contributed by atoms with E-state index in [9.17, 15) is 19.0 Å².